The maximum absolute atomic E-state index is 10.4. The fourth-order valence-corrected chi connectivity index (χ4v) is 1.25. The van der Waals surface area contributed by atoms with Crippen LogP contribution in [0.15, 0.2) is 34.7 Å². The van der Waals surface area contributed by atoms with E-state index in [9.17, 15) is 4.79 Å². The quantitative estimate of drug-likeness (QED) is 0.761. The minimum absolute atomic E-state index is 0.0683. The summed E-state index contributed by atoms with van der Waals surface area (Å²) in [6.45, 7) is 0. The molecule has 0 aromatic heterocycles. The van der Waals surface area contributed by atoms with Gasteiger partial charge in [-0.25, -0.2) is 0 Å². The number of carboxylic acid groups (broad SMARTS) is 1. The van der Waals surface area contributed by atoms with Crippen LogP contribution in [0.2, 0.25) is 0 Å². The molecule has 0 aromatic carbocycles. The van der Waals surface area contributed by atoms with E-state index in [0.29, 0.717) is 5.76 Å². The molecule has 0 amide bonds. The molecular weight excluding hydrogens is 168 g/mol. The third kappa shape index (κ3) is 1.54. The monoisotopic (exact) mass is 176 g/mol. The molecule has 13 heavy (non-hydrogen) atoms. The van der Waals surface area contributed by atoms with Gasteiger partial charge in [0.25, 0.3) is 0 Å². The maximum atomic E-state index is 10.4. The Labute approximate surface area is 74.9 Å². The van der Waals surface area contributed by atoms with Gasteiger partial charge in [0, 0.05) is 5.56 Å². The predicted molar refractivity (Wildman–Crippen MR) is 46.7 cm³/mol. The molecule has 66 valence electrons. The van der Waals surface area contributed by atoms with Gasteiger partial charge in [0.1, 0.15) is 17.9 Å². The van der Waals surface area contributed by atoms with Gasteiger partial charge in [0.15, 0.2) is 0 Å². The molecule has 2 aliphatic rings. The van der Waals surface area contributed by atoms with Crippen LogP contribution in [0, 0.1) is 0 Å². The maximum Gasteiger partial charge on any atom is 0.311 e. The van der Waals surface area contributed by atoms with Gasteiger partial charge in [-0.05, 0) is 18.2 Å². The highest BCUT2D eigenvalue weighted by atomic mass is 16.4. The van der Waals surface area contributed by atoms with Crippen molar-refractivity contribution in [1.29, 1.82) is 0 Å². The van der Waals surface area contributed by atoms with Gasteiger partial charge >= 0.3 is 5.97 Å². The third-order valence-electron chi connectivity index (χ3n) is 1.82. The standard InChI is InChI=1S/C10H8O3/c11-10(12)6-8-5-4-7-2-1-3-9(7)13-8/h1-5H,6H2,(H,11,12). The van der Waals surface area contributed by atoms with Crippen LogP contribution in [0.3, 0.4) is 0 Å². The van der Waals surface area contributed by atoms with E-state index in [2.05, 4.69) is 0 Å². The Bertz CT molecular complexity index is 403. The Balaban J connectivity index is 2.38. The van der Waals surface area contributed by atoms with Crippen LogP contribution in [-0.4, -0.2) is 11.1 Å². The lowest BCUT2D eigenvalue weighted by molar-refractivity contribution is -0.136. The molecule has 0 fully saturated rings. The van der Waals surface area contributed by atoms with Crippen molar-refractivity contribution in [2.24, 2.45) is 0 Å². The zero-order valence-corrected chi connectivity index (χ0v) is 6.86. The van der Waals surface area contributed by atoms with E-state index in [1.165, 1.54) is 0 Å². The molecule has 1 N–H and O–H groups in total. The Hall–Kier alpha value is -1.77. The SMILES string of the molecule is O=C(O)Cc1ccc2cccc-2o1. The summed E-state index contributed by atoms with van der Waals surface area (Å²) in [5.74, 6) is 0.333. The first-order valence-corrected chi connectivity index (χ1v) is 3.95. The van der Waals surface area contributed by atoms with E-state index in [1.54, 1.807) is 6.07 Å². The average Bonchev–Trinajstić information content (AvgIpc) is 2.49. The smallest absolute Gasteiger partial charge is 0.311 e. The fourth-order valence-electron chi connectivity index (χ4n) is 1.25. The van der Waals surface area contributed by atoms with E-state index >= 15 is 0 Å². The van der Waals surface area contributed by atoms with E-state index in [0.717, 1.165) is 11.3 Å². The number of rotatable bonds is 2. The summed E-state index contributed by atoms with van der Waals surface area (Å²) in [5.41, 5.74) is 0.995. The normalized spacial score (nSPS) is 10.5. The molecule has 1 aliphatic carbocycles. The fraction of sp³-hybridized carbons (Fsp3) is 0.100. The minimum Gasteiger partial charge on any atom is -0.481 e. The molecule has 0 radical (unpaired) electrons. The van der Waals surface area contributed by atoms with Crippen molar-refractivity contribution in [3.05, 3.63) is 36.1 Å². The molecule has 0 saturated heterocycles. The van der Waals surface area contributed by atoms with Gasteiger partial charge in [-0.1, -0.05) is 12.1 Å². The Morgan fingerprint density at radius 1 is 1.31 bits per heavy atom. The number of aliphatic carboxylic acids is 1. The molecule has 2 rings (SSSR count). The van der Waals surface area contributed by atoms with Crippen molar-refractivity contribution >= 4 is 5.97 Å². The molecular formula is C10H8O3. The first kappa shape index (κ1) is 7.86. The van der Waals surface area contributed by atoms with Crippen LogP contribution in [0.5, 0.6) is 0 Å². The first-order chi connectivity index (χ1) is 6.25. The zero-order valence-electron chi connectivity index (χ0n) is 6.86. The highest BCUT2D eigenvalue weighted by molar-refractivity contribution is 5.70. The number of carboxylic acids is 1. The second kappa shape index (κ2) is 2.94. The van der Waals surface area contributed by atoms with E-state index in [1.807, 2.05) is 24.3 Å². The Morgan fingerprint density at radius 2 is 2.15 bits per heavy atom. The molecule has 0 atom stereocenters. The summed E-state index contributed by atoms with van der Waals surface area (Å²) in [6, 6.07) is 9.16. The topological polar surface area (TPSA) is 50.4 Å². The van der Waals surface area contributed by atoms with Gasteiger partial charge in [-0.3, -0.25) is 4.79 Å². The van der Waals surface area contributed by atoms with Crippen LogP contribution < -0.4 is 0 Å². The molecule has 0 unspecified atom stereocenters. The van der Waals surface area contributed by atoms with Gasteiger partial charge in [-0.2, -0.15) is 0 Å². The highest BCUT2D eigenvalue weighted by Crippen LogP contribution is 2.23. The van der Waals surface area contributed by atoms with Crippen molar-refractivity contribution < 1.29 is 14.3 Å². The summed E-state index contributed by atoms with van der Waals surface area (Å²) in [4.78, 5) is 10.4. The lowest BCUT2D eigenvalue weighted by atomic mass is 10.2. The Kier molecular flexibility index (Phi) is 1.77. The molecule has 0 aromatic rings. The first-order valence-electron chi connectivity index (χ1n) is 3.95. The van der Waals surface area contributed by atoms with Crippen molar-refractivity contribution in [1.82, 2.24) is 0 Å². The number of hydrogen-bond donors (Lipinski definition) is 1. The van der Waals surface area contributed by atoms with Crippen molar-refractivity contribution in [2.45, 2.75) is 6.42 Å². The van der Waals surface area contributed by atoms with Crippen LogP contribution in [0.1, 0.15) is 5.76 Å². The third-order valence-corrected chi connectivity index (χ3v) is 1.82. The van der Waals surface area contributed by atoms with Crippen molar-refractivity contribution in [3.63, 3.8) is 0 Å². The summed E-state index contributed by atoms with van der Waals surface area (Å²) in [7, 11) is 0. The average molecular weight is 176 g/mol. The van der Waals surface area contributed by atoms with E-state index < -0.39 is 5.97 Å². The number of hydrogen-bond acceptors (Lipinski definition) is 2. The largest absolute Gasteiger partial charge is 0.481 e. The van der Waals surface area contributed by atoms with Crippen LogP contribution >= 0.6 is 0 Å². The number of carbonyl (C=O) groups is 1. The van der Waals surface area contributed by atoms with E-state index in [4.69, 9.17) is 9.52 Å². The van der Waals surface area contributed by atoms with Gasteiger partial charge in [-0.15, -0.1) is 0 Å². The van der Waals surface area contributed by atoms with Crippen LogP contribution in [0.4, 0.5) is 0 Å². The molecule has 0 bridgehead atoms. The highest BCUT2D eigenvalue weighted by Gasteiger charge is 2.07. The Morgan fingerprint density at radius 3 is 2.92 bits per heavy atom. The summed E-state index contributed by atoms with van der Waals surface area (Å²) in [6.07, 6.45) is -0.0683. The molecule has 1 heterocycles. The summed E-state index contributed by atoms with van der Waals surface area (Å²) in [5, 5.41) is 8.53. The van der Waals surface area contributed by atoms with Gasteiger partial charge in [0.05, 0.1) is 0 Å². The molecule has 1 aliphatic heterocycles. The zero-order chi connectivity index (χ0) is 9.26. The van der Waals surface area contributed by atoms with Crippen molar-refractivity contribution in [2.75, 3.05) is 0 Å². The lowest BCUT2D eigenvalue weighted by Crippen LogP contribution is -1.99. The minimum atomic E-state index is -0.880. The molecule has 3 heteroatoms. The van der Waals surface area contributed by atoms with Crippen LogP contribution in [0.25, 0.3) is 11.3 Å². The molecule has 3 nitrogen and oxygen atoms in total. The van der Waals surface area contributed by atoms with Gasteiger partial charge in [0.2, 0.25) is 0 Å². The summed E-state index contributed by atoms with van der Waals surface area (Å²) < 4.78 is 5.33. The lowest BCUT2D eigenvalue weighted by Gasteiger charge is -2.01. The molecule has 0 saturated carbocycles. The number of fused-ring (bicyclic) bond motifs is 1. The van der Waals surface area contributed by atoms with E-state index in [-0.39, 0.29) is 6.42 Å². The molecule has 0 spiro atoms. The second-order valence-corrected chi connectivity index (χ2v) is 2.82. The predicted octanol–water partition coefficient (Wildman–Crippen LogP) is 2.01. The van der Waals surface area contributed by atoms with Crippen molar-refractivity contribution in [3.8, 4) is 11.3 Å². The summed E-state index contributed by atoms with van der Waals surface area (Å²) >= 11 is 0. The van der Waals surface area contributed by atoms with Crippen LogP contribution in [-0.2, 0) is 11.2 Å². The second-order valence-electron chi connectivity index (χ2n) is 2.82. The van der Waals surface area contributed by atoms with Gasteiger partial charge < -0.3 is 9.52 Å².